The molecule has 0 bridgehead atoms. The number of H-pyrrole nitrogens is 1. The maximum absolute atomic E-state index is 13.4. The number of ether oxygens (including phenoxy) is 1. The van der Waals surface area contributed by atoms with Gasteiger partial charge in [0.15, 0.2) is 0 Å². The van der Waals surface area contributed by atoms with Gasteiger partial charge in [0, 0.05) is 23.2 Å². The number of fused-ring (bicyclic) bond motifs is 4. The summed E-state index contributed by atoms with van der Waals surface area (Å²) in [5, 5.41) is 7.29. The maximum Gasteiger partial charge on any atom is 0.325 e. The van der Waals surface area contributed by atoms with Crippen molar-refractivity contribution in [3.63, 3.8) is 0 Å². The Balaban J connectivity index is 1.82. The van der Waals surface area contributed by atoms with Gasteiger partial charge in [-0.25, -0.2) is 4.90 Å². The fraction of sp³-hybridized carbons (Fsp3) is 0.259. The second-order valence-corrected chi connectivity index (χ2v) is 9.52. The van der Waals surface area contributed by atoms with Crippen LogP contribution < -0.4 is 19.9 Å². The zero-order valence-corrected chi connectivity index (χ0v) is 20.8. The number of aromatic nitrogens is 3. The SMILES string of the molecule is CCCCSc1n[n+]2c(c(=O)[nH]1)-c1ccccc1N(C(C)=O)C2c1ccc(OC)c2ccccc12. The van der Waals surface area contributed by atoms with Crippen molar-refractivity contribution in [2.45, 2.75) is 38.0 Å². The second-order valence-electron chi connectivity index (χ2n) is 8.44. The number of carbonyl (C=O) groups is 1. The van der Waals surface area contributed by atoms with Gasteiger partial charge in [-0.2, -0.15) is 0 Å². The minimum atomic E-state index is -0.638. The highest BCUT2D eigenvalue weighted by molar-refractivity contribution is 7.99. The Kier molecular flexibility index (Phi) is 6.30. The van der Waals surface area contributed by atoms with Crippen molar-refractivity contribution in [1.82, 2.24) is 10.1 Å². The quantitative estimate of drug-likeness (QED) is 0.242. The van der Waals surface area contributed by atoms with E-state index in [1.165, 1.54) is 11.8 Å². The lowest BCUT2D eigenvalue weighted by molar-refractivity contribution is -0.762. The van der Waals surface area contributed by atoms with Crippen LogP contribution in [0.15, 0.2) is 70.6 Å². The molecule has 178 valence electrons. The third kappa shape index (κ3) is 3.97. The van der Waals surface area contributed by atoms with Gasteiger partial charge in [0.1, 0.15) is 5.75 Å². The summed E-state index contributed by atoms with van der Waals surface area (Å²) >= 11 is 1.52. The molecular formula is C27H27N4O3S+. The largest absolute Gasteiger partial charge is 0.496 e. The number of rotatable bonds is 6. The van der Waals surface area contributed by atoms with E-state index in [1.54, 1.807) is 23.6 Å². The number of amides is 1. The van der Waals surface area contributed by atoms with Gasteiger partial charge in [-0.15, -0.1) is 0 Å². The number of benzene rings is 3. The topological polar surface area (TPSA) is 79.2 Å². The number of anilines is 1. The number of nitrogens with one attached hydrogen (secondary N) is 1. The van der Waals surface area contributed by atoms with Crippen molar-refractivity contribution in [3.8, 4) is 17.0 Å². The first-order chi connectivity index (χ1) is 17.0. The minimum Gasteiger partial charge on any atom is -0.496 e. The molecule has 0 saturated carbocycles. The molecule has 1 amide bonds. The van der Waals surface area contributed by atoms with E-state index in [0.717, 1.165) is 40.7 Å². The van der Waals surface area contributed by atoms with E-state index in [4.69, 9.17) is 9.84 Å². The van der Waals surface area contributed by atoms with Crippen LogP contribution >= 0.6 is 11.8 Å². The van der Waals surface area contributed by atoms with E-state index in [1.807, 2.05) is 60.7 Å². The zero-order chi connectivity index (χ0) is 24.5. The van der Waals surface area contributed by atoms with Crippen LogP contribution in [0, 0.1) is 0 Å². The monoisotopic (exact) mass is 487 g/mol. The van der Waals surface area contributed by atoms with Crippen LogP contribution in [0.3, 0.4) is 0 Å². The number of nitrogens with zero attached hydrogens (tertiary/aromatic N) is 3. The summed E-state index contributed by atoms with van der Waals surface area (Å²) in [5.74, 6) is 1.46. The molecule has 1 aromatic heterocycles. The predicted molar refractivity (Wildman–Crippen MR) is 138 cm³/mol. The van der Waals surface area contributed by atoms with Crippen LogP contribution in [-0.2, 0) is 4.79 Å². The van der Waals surface area contributed by atoms with E-state index in [9.17, 15) is 9.59 Å². The Labute approximate surface area is 207 Å². The fourth-order valence-electron chi connectivity index (χ4n) is 4.67. The Morgan fingerprint density at radius 1 is 1.11 bits per heavy atom. The highest BCUT2D eigenvalue weighted by atomic mass is 32.2. The molecule has 1 aliphatic heterocycles. The average Bonchev–Trinajstić information content (AvgIpc) is 2.87. The molecule has 5 rings (SSSR count). The van der Waals surface area contributed by atoms with Crippen molar-refractivity contribution in [1.29, 1.82) is 0 Å². The molecule has 0 spiro atoms. The first-order valence-corrected chi connectivity index (χ1v) is 12.7. The van der Waals surface area contributed by atoms with E-state index < -0.39 is 6.17 Å². The van der Waals surface area contributed by atoms with Gasteiger partial charge in [-0.1, -0.05) is 61.5 Å². The van der Waals surface area contributed by atoms with E-state index in [-0.39, 0.29) is 11.5 Å². The molecular weight excluding hydrogens is 460 g/mol. The lowest BCUT2D eigenvalue weighted by Crippen LogP contribution is -2.60. The summed E-state index contributed by atoms with van der Waals surface area (Å²) < 4.78 is 7.32. The smallest absolute Gasteiger partial charge is 0.325 e. The molecule has 0 fully saturated rings. The number of aromatic amines is 1. The first kappa shape index (κ1) is 23.1. The van der Waals surface area contributed by atoms with Gasteiger partial charge in [0.2, 0.25) is 11.1 Å². The van der Waals surface area contributed by atoms with Gasteiger partial charge < -0.3 is 4.74 Å². The van der Waals surface area contributed by atoms with Gasteiger partial charge in [0.05, 0.1) is 23.9 Å². The number of hydrogen-bond acceptors (Lipinski definition) is 5. The molecule has 8 heteroatoms. The standard InChI is InChI=1S/C27H26N4O3S/c1-4-5-16-35-27-28-25(33)24-21-12-8-9-13-22(21)30(17(2)32)26(31(24)29-27)20-14-15-23(34-3)19-11-7-6-10-18(19)20/h6-15,26H,4-5,16H2,1-3H3/p+1. The third-order valence-electron chi connectivity index (χ3n) is 6.25. The number of methoxy groups -OCH3 is 1. The highest BCUT2D eigenvalue weighted by Gasteiger charge is 2.45. The highest BCUT2D eigenvalue weighted by Crippen LogP contribution is 2.40. The fourth-order valence-corrected chi connectivity index (χ4v) is 5.61. The number of carbonyl (C=O) groups excluding carboxylic acids is 1. The molecule has 35 heavy (non-hydrogen) atoms. The zero-order valence-electron chi connectivity index (χ0n) is 19.9. The normalized spacial score (nSPS) is 14.5. The predicted octanol–water partition coefficient (Wildman–Crippen LogP) is 4.69. The molecule has 1 atom stereocenters. The van der Waals surface area contributed by atoms with E-state index >= 15 is 0 Å². The van der Waals surface area contributed by atoms with Gasteiger partial charge >= 0.3 is 11.3 Å². The molecule has 4 aromatic rings. The number of para-hydroxylation sites is 1. The Morgan fingerprint density at radius 3 is 2.60 bits per heavy atom. The van der Waals surface area contributed by atoms with Crippen molar-refractivity contribution >= 4 is 34.1 Å². The van der Waals surface area contributed by atoms with Crippen molar-refractivity contribution < 1.29 is 14.2 Å². The molecule has 2 heterocycles. The van der Waals surface area contributed by atoms with E-state index in [2.05, 4.69) is 11.9 Å². The van der Waals surface area contributed by atoms with Crippen molar-refractivity contribution in [3.05, 3.63) is 76.6 Å². The van der Waals surface area contributed by atoms with Crippen molar-refractivity contribution in [2.75, 3.05) is 17.8 Å². The molecule has 1 unspecified atom stereocenters. The Morgan fingerprint density at radius 2 is 1.86 bits per heavy atom. The number of unbranched alkanes of at least 4 members (excludes halogenated alkanes) is 1. The number of thioether (sulfide) groups is 1. The van der Waals surface area contributed by atoms with Crippen LogP contribution in [0.4, 0.5) is 5.69 Å². The maximum atomic E-state index is 13.4. The second kappa shape index (κ2) is 9.54. The molecule has 0 saturated heterocycles. The molecule has 0 radical (unpaired) electrons. The van der Waals surface area contributed by atoms with Gasteiger partial charge in [-0.05, 0) is 40.8 Å². The molecule has 1 aliphatic rings. The first-order valence-electron chi connectivity index (χ1n) is 11.7. The van der Waals surface area contributed by atoms with Gasteiger partial charge in [-0.3, -0.25) is 14.6 Å². The molecule has 1 N–H and O–H groups in total. The average molecular weight is 488 g/mol. The Hall–Kier alpha value is -3.65. The van der Waals surface area contributed by atoms with Gasteiger partial charge in [0.25, 0.3) is 6.17 Å². The van der Waals surface area contributed by atoms with Crippen LogP contribution in [0.1, 0.15) is 38.4 Å². The van der Waals surface area contributed by atoms with Crippen LogP contribution in [0.25, 0.3) is 22.0 Å². The van der Waals surface area contributed by atoms with Crippen molar-refractivity contribution in [2.24, 2.45) is 0 Å². The lowest BCUT2D eigenvalue weighted by Gasteiger charge is -2.32. The summed E-state index contributed by atoms with van der Waals surface area (Å²) in [4.78, 5) is 31.3. The summed E-state index contributed by atoms with van der Waals surface area (Å²) in [6, 6.07) is 19.3. The summed E-state index contributed by atoms with van der Waals surface area (Å²) in [6.07, 6.45) is 1.44. The van der Waals surface area contributed by atoms with Crippen LogP contribution in [0.5, 0.6) is 5.75 Å². The third-order valence-corrected chi connectivity index (χ3v) is 7.20. The van der Waals surface area contributed by atoms with E-state index in [0.29, 0.717) is 22.1 Å². The van der Waals surface area contributed by atoms with Crippen LogP contribution in [-0.4, -0.2) is 28.9 Å². The molecule has 0 aliphatic carbocycles. The lowest BCUT2D eigenvalue weighted by atomic mass is 9.97. The number of hydrogen-bond donors (Lipinski definition) is 1. The summed E-state index contributed by atoms with van der Waals surface area (Å²) in [7, 11) is 1.64. The molecule has 3 aromatic carbocycles. The minimum absolute atomic E-state index is 0.136. The summed E-state index contributed by atoms with van der Waals surface area (Å²) in [5.41, 5.74) is 2.43. The van der Waals surface area contributed by atoms with Crippen LogP contribution in [0.2, 0.25) is 0 Å². The molecule has 7 nitrogen and oxygen atoms in total. The summed E-state index contributed by atoms with van der Waals surface area (Å²) in [6.45, 7) is 3.68. The Bertz CT molecular complexity index is 1480.